The third-order valence-electron chi connectivity index (χ3n) is 1.36. The lowest BCUT2D eigenvalue weighted by atomic mass is 10.1. The molecule has 0 fully saturated rings. The first-order chi connectivity index (χ1) is 4.31. The second-order valence-corrected chi connectivity index (χ2v) is 2.09. The van der Waals surface area contributed by atoms with Gasteiger partial charge in [-0.05, 0) is 18.9 Å². The average molecular weight is 129 g/mol. The van der Waals surface area contributed by atoms with Crippen molar-refractivity contribution in [1.82, 2.24) is 0 Å². The molecule has 0 aliphatic heterocycles. The molecule has 0 aromatic rings. The van der Waals surface area contributed by atoms with Crippen LogP contribution in [0.4, 0.5) is 0 Å². The van der Waals surface area contributed by atoms with Crippen molar-refractivity contribution in [2.45, 2.75) is 26.7 Å². The van der Waals surface area contributed by atoms with E-state index in [2.05, 4.69) is 27.0 Å². The summed E-state index contributed by atoms with van der Waals surface area (Å²) in [5.41, 5.74) is 5.30. The van der Waals surface area contributed by atoms with E-state index in [9.17, 15) is 0 Å². The Bertz CT molecular complexity index is 43.8. The van der Waals surface area contributed by atoms with Gasteiger partial charge in [0.2, 0.25) is 0 Å². The highest BCUT2D eigenvalue weighted by Crippen LogP contribution is 2.02. The maximum Gasteiger partial charge on any atom is -0.00747 e. The summed E-state index contributed by atoms with van der Waals surface area (Å²) in [6.45, 7) is 11.3. The molecule has 0 amide bonds. The first kappa shape index (κ1) is 11.5. The van der Waals surface area contributed by atoms with E-state index in [0.717, 1.165) is 12.5 Å². The second-order valence-electron chi connectivity index (χ2n) is 2.09. The van der Waals surface area contributed by atoms with Gasteiger partial charge in [0, 0.05) is 0 Å². The molecule has 0 heterocycles. The molecular formula is C8H19N. The number of hydrogen-bond donors (Lipinski definition) is 1. The van der Waals surface area contributed by atoms with Crippen LogP contribution in [0, 0.1) is 5.92 Å². The summed E-state index contributed by atoms with van der Waals surface area (Å²) >= 11 is 0. The zero-order chi connectivity index (χ0) is 7.70. The Morgan fingerprint density at radius 1 is 1.44 bits per heavy atom. The van der Waals surface area contributed by atoms with Crippen LogP contribution in [0.3, 0.4) is 0 Å². The molecule has 2 N–H and O–H groups in total. The Hall–Kier alpha value is -0.300. The summed E-state index contributed by atoms with van der Waals surface area (Å²) in [4.78, 5) is 0. The normalized spacial score (nSPS) is 11.4. The van der Waals surface area contributed by atoms with Crippen molar-refractivity contribution in [2.24, 2.45) is 11.7 Å². The second kappa shape index (κ2) is 10.6. The zero-order valence-electron chi connectivity index (χ0n) is 6.69. The minimum absolute atomic E-state index is 0.824. The lowest BCUT2D eigenvalue weighted by Gasteiger charge is -2.02. The molecule has 0 aromatic carbocycles. The molecule has 56 valence electrons. The van der Waals surface area contributed by atoms with Crippen molar-refractivity contribution in [3.8, 4) is 0 Å². The van der Waals surface area contributed by atoms with E-state index in [-0.39, 0.29) is 0 Å². The largest absolute Gasteiger partial charge is 0.330 e. The summed E-state index contributed by atoms with van der Waals surface area (Å²) in [7, 11) is 0. The molecule has 1 atom stereocenters. The smallest absolute Gasteiger partial charge is 0.00747 e. The minimum atomic E-state index is 0.824. The topological polar surface area (TPSA) is 26.0 Å². The van der Waals surface area contributed by atoms with Crippen LogP contribution < -0.4 is 5.73 Å². The van der Waals surface area contributed by atoms with Crippen molar-refractivity contribution in [2.75, 3.05) is 6.54 Å². The average Bonchev–Trinajstić information content (AvgIpc) is 1.93. The van der Waals surface area contributed by atoms with Gasteiger partial charge in [0.05, 0.1) is 0 Å². The molecule has 1 heteroatoms. The summed E-state index contributed by atoms with van der Waals surface area (Å²) in [5.74, 6) is 0.824. The van der Waals surface area contributed by atoms with Gasteiger partial charge in [-0.15, -0.1) is 13.2 Å². The molecule has 0 radical (unpaired) electrons. The van der Waals surface area contributed by atoms with E-state index in [0.29, 0.717) is 0 Å². The standard InChI is InChI=1S/C6H15N.C2H4/c1-3-6(2)4-5-7;1-2/h6H,3-5,7H2,1-2H3;1-2H2. The van der Waals surface area contributed by atoms with E-state index in [1.165, 1.54) is 12.8 Å². The highest BCUT2D eigenvalue weighted by Gasteiger charge is 1.92. The van der Waals surface area contributed by atoms with Gasteiger partial charge < -0.3 is 5.73 Å². The molecule has 0 aliphatic rings. The molecule has 9 heavy (non-hydrogen) atoms. The molecule has 0 aliphatic carbocycles. The Labute approximate surface area is 58.9 Å². The monoisotopic (exact) mass is 129 g/mol. The highest BCUT2D eigenvalue weighted by atomic mass is 14.5. The van der Waals surface area contributed by atoms with Crippen LogP contribution in [0.2, 0.25) is 0 Å². The fourth-order valence-electron chi connectivity index (χ4n) is 0.489. The number of nitrogens with two attached hydrogens (primary N) is 1. The fraction of sp³-hybridized carbons (Fsp3) is 0.750. The summed E-state index contributed by atoms with van der Waals surface area (Å²) in [6.07, 6.45) is 2.44. The number of hydrogen-bond acceptors (Lipinski definition) is 1. The minimum Gasteiger partial charge on any atom is -0.330 e. The first-order valence-electron chi connectivity index (χ1n) is 3.51. The SMILES string of the molecule is C=C.CCC(C)CCN. The fourth-order valence-corrected chi connectivity index (χ4v) is 0.489. The van der Waals surface area contributed by atoms with Gasteiger partial charge in [0.25, 0.3) is 0 Å². The lowest BCUT2D eigenvalue weighted by molar-refractivity contribution is 0.524. The molecule has 0 bridgehead atoms. The van der Waals surface area contributed by atoms with Gasteiger partial charge in [0.1, 0.15) is 0 Å². The Balaban J connectivity index is 0. The predicted octanol–water partition coefficient (Wildman–Crippen LogP) is 2.18. The van der Waals surface area contributed by atoms with Crippen molar-refractivity contribution in [3.05, 3.63) is 13.2 Å². The maximum absolute atomic E-state index is 5.30. The van der Waals surface area contributed by atoms with Gasteiger partial charge in [-0.3, -0.25) is 0 Å². The summed E-state index contributed by atoms with van der Waals surface area (Å²) in [6, 6.07) is 0. The lowest BCUT2D eigenvalue weighted by Crippen LogP contribution is -2.04. The summed E-state index contributed by atoms with van der Waals surface area (Å²) < 4.78 is 0. The van der Waals surface area contributed by atoms with Crippen LogP contribution in [0.5, 0.6) is 0 Å². The van der Waals surface area contributed by atoms with E-state index in [4.69, 9.17) is 5.73 Å². The van der Waals surface area contributed by atoms with Crippen molar-refractivity contribution in [3.63, 3.8) is 0 Å². The van der Waals surface area contributed by atoms with Gasteiger partial charge in [-0.1, -0.05) is 20.3 Å². The Morgan fingerprint density at radius 3 is 2.00 bits per heavy atom. The molecule has 0 spiro atoms. The highest BCUT2D eigenvalue weighted by molar-refractivity contribution is 4.48. The molecule has 0 saturated heterocycles. The van der Waals surface area contributed by atoms with Crippen LogP contribution in [0.15, 0.2) is 13.2 Å². The summed E-state index contributed by atoms with van der Waals surface area (Å²) in [5, 5.41) is 0. The molecular weight excluding hydrogens is 110 g/mol. The Kier molecular flexibility index (Phi) is 13.6. The van der Waals surface area contributed by atoms with Crippen LogP contribution >= 0.6 is 0 Å². The van der Waals surface area contributed by atoms with Crippen LogP contribution in [0.1, 0.15) is 26.7 Å². The molecule has 0 aromatic heterocycles. The van der Waals surface area contributed by atoms with Crippen molar-refractivity contribution < 1.29 is 0 Å². The maximum atomic E-state index is 5.30. The molecule has 0 saturated carbocycles. The van der Waals surface area contributed by atoms with Gasteiger partial charge in [-0.25, -0.2) is 0 Å². The first-order valence-corrected chi connectivity index (χ1v) is 3.51. The van der Waals surface area contributed by atoms with Crippen LogP contribution in [-0.4, -0.2) is 6.54 Å². The van der Waals surface area contributed by atoms with E-state index >= 15 is 0 Å². The molecule has 1 nitrogen and oxygen atoms in total. The van der Waals surface area contributed by atoms with Crippen molar-refractivity contribution >= 4 is 0 Å². The van der Waals surface area contributed by atoms with Crippen molar-refractivity contribution in [1.29, 1.82) is 0 Å². The third-order valence-corrected chi connectivity index (χ3v) is 1.36. The molecule has 0 rings (SSSR count). The Morgan fingerprint density at radius 2 is 1.89 bits per heavy atom. The van der Waals surface area contributed by atoms with Gasteiger partial charge in [-0.2, -0.15) is 0 Å². The number of rotatable bonds is 3. The molecule has 1 unspecified atom stereocenters. The van der Waals surface area contributed by atoms with Gasteiger partial charge in [0.15, 0.2) is 0 Å². The van der Waals surface area contributed by atoms with E-state index < -0.39 is 0 Å². The zero-order valence-corrected chi connectivity index (χ0v) is 6.69. The van der Waals surface area contributed by atoms with E-state index in [1.807, 2.05) is 0 Å². The van der Waals surface area contributed by atoms with Crippen LogP contribution in [-0.2, 0) is 0 Å². The predicted molar refractivity (Wildman–Crippen MR) is 44.4 cm³/mol. The van der Waals surface area contributed by atoms with E-state index in [1.54, 1.807) is 0 Å². The quantitative estimate of drug-likeness (QED) is 0.581. The van der Waals surface area contributed by atoms with Crippen LogP contribution in [0.25, 0.3) is 0 Å². The third kappa shape index (κ3) is 11.3. The van der Waals surface area contributed by atoms with Gasteiger partial charge >= 0.3 is 0 Å².